The molecule has 3 rings (SSSR count). The van der Waals surface area contributed by atoms with E-state index in [9.17, 15) is 9.59 Å². The van der Waals surface area contributed by atoms with E-state index in [4.69, 9.17) is 15.2 Å². The topological polar surface area (TPSA) is 104 Å². The normalized spacial score (nSPS) is 19.0. The van der Waals surface area contributed by atoms with Crippen molar-refractivity contribution >= 4 is 28.5 Å². The summed E-state index contributed by atoms with van der Waals surface area (Å²) in [6.07, 6.45) is 3.44. The quantitative estimate of drug-likeness (QED) is 0.699. The number of fused-ring (bicyclic) bond motifs is 1. The highest BCUT2D eigenvalue weighted by Gasteiger charge is 2.26. The first-order chi connectivity index (χ1) is 14.3. The number of aryl methyl sites for hydroxylation is 1. The third kappa shape index (κ3) is 4.66. The molecule has 0 atom stereocenters. The molecule has 1 aromatic heterocycles. The maximum Gasteiger partial charge on any atom is 0.342 e. The molecule has 7 heteroatoms. The van der Waals surface area contributed by atoms with Crippen LogP contribution >= 0.6 is 0 Å². The van der Waals surface area contributed by atoms with Gasteiger partial charge >= 0.3 is 5.97 Å². The van der Waals surface area contributed by atoms with Gasteiger partial charge in [-0.2, -0.15) is 0 Å². The Bertz CT molecular complexity index is 934. The van der Waals surface area contributed by atoms with Gasteiger partial charge in [-0.25, -0.2) is 4.79 Å². The third-order valence-electron chi connectivity index (χ3n) is 5.51. The first-order valence-corrected chi connectivity index (χ1v) is 10.6. The number of benzene rings is 1. The van der Waals surface area contributed by atoms with Gasteiger partial charge in [-0.05, 0) is 51.7 Å². The summed E-state index contributed by atoms with van der Waals surface area (Å²) in [5.74, 6) is 0.229. The number of rotatable bonds is 6. The fourth-order valence-electron chi connectivity index (χ4n) is 3.87. The molecular formula is C23H31N3O4. The van der Waals surface area contributed by atoms with Gasteiger partial charge in [0.1, 0.15) is 11.3 Å². The van der Waals surface area contributed by atoms with E-state index in [1.165, 1.54) is 0 Å². The number of hydrogen-bond donors (Lipinski definition) is 2. The minimum atomic E-state index is -0.474. The minimum Gasteiger partial charge on any atom is -0.490 e. The van der Waals surface area contributed by atoms with Gasteiger partial charge in [0.15, 0.2) is 0 Å². The molecule has 0 aliphatic heterocycles. The van der Waals surface area contributed by atoms with Crippen molar-refractivity contribution in [3.05, 3.63) is 29.5 Å². The van der Waals surface area contributed by atoms with Gasteiger partial charge in [0.25, 0.3) is 0 Å². The summed E-state index contributed by atoms with van der Waals surface area (Å²) in [5.41, 5.74) is 8.25. The van der Waals surface area contributed by atoms with Crippen LogP contribution in [0.2, 0.25) is 0 Å². The summed E-state index contributed by atoms with van der Waals surface area (Å²) in [6, 6.07) is 5.79. The molecule has 1 amide bonds. The predicted molar refractivity (Wildman–Crippen MR) is 117 cm³/mol. The van der Waals surface area contributed by atoms with Gasteiger partial charge in [-0.3, -0.25) is 9.78 Å². The Hall–Kier alpha value is -2.83. The predicted octanol–water partition coefficient (Wildman–Crippen LogP) is 3.76. The standard InChI is InChI=1S/C23H31N3O4/c1-5-29-23(28)19-14(4)25-17-7-6-8-18(20(17)21(19)24)30-16-11-9-15(10-12-16)26-22(27)13(2)3/h6-8,13,15-16H,5,9-12H2,1-4H3,(H2,24,25)(H,26,27). The van der Waals surface area contributed by atoms with Crippen LogP contribution in [0.25, 0.3) is 10.9 Å². The molecule has 1 saturated carbocycles. The van der Waals surface area contributed by atoms with Gasteiger partial charge in [0, 0.05) is 12.0 Å². The lowest BCUT2D eigenvalue weighted by atomic mass is 9.92. The van der Waals surface area contributed by atoms with Gasteiger partial charge < -0.3 is 20.5 Å². The van der Waals surface area contributed by atoms with E-state index in [-0.39, 0.29) is 30.6 Å². The zero-order valence-electron chi connectivity index (χ0n) is 18.2. The molecule has 30 heavy (non-hydrogen) atoms. The maximum atomic E-state index is 12.4. The van der Waals surface area contributed by atoms with Gasteiger partial charge in [-0.1, -0.05) is 19.9 Å². The van der Waals surface area contributed by atoms with E-state index < -0.39 is 5.97 Å². The fraction of sp³-hybridized carbons (Fsp3) is 0.522. The van der Waals surface area contributed by atoms with Crippen LogP contribution in [0.4, 0.5) is 5.69 Å². The summed E-state index contributed by atoms with van der Waals surface area (Å²) in [6.45, 7) is 7.57. The highest BCUT2D eigenvalue weighted by Crippen LogP contribution is 2.35. The van der Waals surface area contributed by atoms with E-state index in [2.05, 4.69) is 10.3 Å². The highest BCUT2D eigenvalue weighted by molar-refractivity contribution is 6.07. The number of nitrogens with zero attached hydrogens (tertiary/aromatic N) is 1. The number of amides is 1. The molecule has 0 bridgehead atoms. The Balaban J connectivity index is 1.79. The summed E-state index contributed by atoms with van der Waals surface area (Å²) < 4.78 is 11.5. The maximum absolute atomic E-state index is 12.4. The monoisotopic (exact) mass is 413 g/mol. The number of hydrogen-bond acceptors (Lipinski definition) is 6. The molecule has 1 heterocycles. The average molecular weight is 414 g/mol. The van der Waals surface area contributed by atoms with Crippen molar-refractivity contribution in [1.29, 1.82) is 0 Å². The van der Waals surface area contributed by atoms with Crippen LogP contribution in [0.1, 0.15) is 62.5 Å². The van der Waals surface area contributed by atoms with E-state index in [0.29, 0.717) is 33.6 Å². The molecule has 0 saturated heterocycles. The van der Waals surface area contributed by atoms with Gasteiger partial charge in [-0.15, -0.1) is 0 Å². The molecule has 0 unspecified atom stereocenters. The van der Waals surface area contributed by atoms with E-state index in [1.807, 2.05) is 32.0 Å². The van der Waals surface area contributed by atoms with Crippen molar-refractivity contribution in [3.8, 4) is 5.75 Å². The number of nitrogens with two attached hydrogens (primary N) is 1. The Morgan fingerprint density at radius 2 is 1.93 bits per heavy atom. The molecule has 0 radical (unpaired) electrons. The van der Waals surface area contributed by atoms with Crippen molar-refractivity contribution in [2.75, 3.05) is 12.3 Å². The molecule has 1 fully saturated rings. The van der Waals surface area contributed by atoms with Crippen LogP contribution in [-0.2, 0) is 9.53 Å². The third-order valence-corrected chi connectivity index (χ3v) is 5.51. The summed E-state index contributed by atoms with van der Waals surface area (Å²) >= 11 is 0. The number of anilines is 1. The van der Waals surface area contributed by atoms with Crippen LogP contribution in [0.3, 0.4) is 0 Å². The largest absolute Gasteiger partial charge is 0.490 e. The van der Waals surface area contributed by atoms with Gasteiger partial charge in [0.05, 0.1) is 35.0 Å². The number of esters is 1. The van der Waals surface area contributed by atoms with Crippen molar-refractivity contribution in [2.45, 2.75) is 65.5 Å². The Kier molecular flexibility index (Phi) is 6.80. The second kappa shape index (κ2) is 9.32. The zero-order valence-corrected chi connectivity index (χ0v) is 18.2. The summed E-state index contributed by atoms with van der Waals surface area (Å²) in [5, 5.41) is 3.74. The van der Waals surface area contributed by atoms with Crippen LogP contribution in [0.15, 0.2) is 18.2 Å². The van der Waals surface area contributed by atoms with Crippen LogP contribution in [0.5, 0.6) is 5.75 Å². The number of nitrogen functional groups attached to an aromatic ring is 1. The van der Waals surface area contributed by atoms with Crippen LogP contribution < -0.4 is 15.8 Å². The Morgan fingerprint density at radius 1 is 1.23 bits per heavy atom. The number of aromatic nitrogens is 1. The fourth-order valence-corrected chi connectivity index (χ4v) is 3.87. The van der Waals surface area contributed by atoms with E-state index in [0.717, 1.165) is 25.7 Å². The van der Waals surface area contributed by atoms with Crippen molar-refractivity contribution in [1.82, 2.24) is 10.3 Å². The second-order valence-electron chi connectivity index (χ2n) is 8.11. The first kappa shape index (κ1) is 21.9. The number of nitrogens with one attached hydrogen (secondary N) is 1. The molecular weight excluding hydrogens is 382 g/mol. The Morgan fingerprint density at radius 3 is 2.57 bits per heavy atom. The summed E-state index contributed by atoms with van der Waals surface area (Å²) in [7, 11) is 0. The lowest BCUT2D eigenvalue weighted by Gasteiger charge is -2.30. The molecule has 1 aliphatic carbocycles. The number of carbonyl (C=O) groups excluding carboxylic acids is 2. The molecule has 7 nitrogen and oxygen atoms in total. The van der Waals surface area contributed by atoms with Crippen LogP contribution in [-0.4, -0.2) is 35.6 Å². The van der Waals surface area contributed by atoms with Gasteiger partial charge in [0.2, 0.25) is 5.91 Å². The molecule has 1 aliphatic rings. The minimum absolute atomic E-state index is 0.0119. The van der Waals surface area contributed by atoms with Crippen molar-refractivity contribution in [3.63, 3.8) is 0 Å². The van der Waals surface area contributed by atoms with E-state index in [1.54, 1.807) is 13.8 Å². The molecule has 3 N–H and O–H groups in total. The first-order valence-electron chi connectivity index (χ1n) is 10.6. The number of ether oxygens (including phenoxy) is 2. The van der Waals surface area contributed by atoms with E-state index >= 15 is 0 Å². The lowest BCUT2D eigenvalue weighted by Crippen LogP contribution is -2.41. The average Bonchev–Trinajstić information content (AvgIpc) is 2.69. The lowest BCUT2D eigenvalue weighted by molar-refractivity contribution is -0.125. The number of pyridine rings is 1. The van der Waals surface area contributed by atoms with Crippen molar-refractivity contribution < 1.29 is 19.1 Å². The zero-order chi connectivity index (χ0) is 21.8. The van der Waals surface area contributed by atoms with Crippen molar-refractivity contribution in [2.24, 2.45) is 5.92 Å². The molecule has 0 spiro atoms. The Labute approximate surface area is 177 Å². The summed E-state index contributed by atoms with van der Waals surface area (Å²) in [4.78, 5) is 28.9. The molecule has 162 valence electrons. The smallest absolute Gasteiger partial charge is 0.342 e. The SMILES string of the molecule is CCOC(=O)c1c(C)nc2cccc(OC3CCC(NC(=O)C(C)C)CC3)c2c1N. The van der Waals surface area contributed by atoms with Crippen LogP contribution in [0, 0.1) is 12.8 Å². The molecule has 2 aromatic rings. The second-order valence-corrected chi connectivity index (χ2v) is 8.11. The number of carbonyl (C=O) groups is 2. The molecule has 1 aromatic carbocycles. The highest BCUT2D eigenvalue weighted by atomic mass is 16.5.